The molecule has 40 heavy (non-hydrogen) atoms. The maximum absolute atomic E-state index is 13.7. The van der Waals surface area contributed by atoms with Gasteiger partial charge >= 0.3 is 0 Å². The summed E-state index contributed by atoms with van der Waals surface area (Å²) in [4.78, 5) is 39.8. The zero-order valence-corrected chi connectivity index (χ0v) is 21.5. The molecule has 1 aliphatic heterocycles. The molecule has 0 saturated carbocycles. The molecule has 214 valence electrons. The van der Waals surface area contributed by atoms with E-state index in [9.17, 15) is 45.0 Å². The average Bonchev–Trinajstić information content (AvgIpc) is 2.90. The van der Waals surface area contributed by atoms with Crippen molar-refractivity contribution in [2.24, 2.45) is 5.73 Å². The Labute approximate surface area is 227 Å². The first-order valence-electron chi connectivity index (χ1n) is 12.5. The Balaban J connectivity index is 1.69. The third-order valence-corrected chi connectivity index (χ3v) is 7.84. The molecule has 8 N–H and O–H groups in total. The van der Waals surface area contributed by atoms with Crippen molar-refractivity contribution in [3.05, 3.63) is 51.6 Å². The Morgan fingerprint density at radius 3 is 2.42 bits per heavy atom. The summed E-state index contributed by atoms with van der Waals surface area (Å²) in [6, 6.07) is 3.51. The van der Waals surface area contributed by atoms with E-state index < -0.39 is 95.4 Å². The molecule has 2 aromatic carbocycles. The molecule has 1 saturated heterocycles. The van der Waals surface area contributed by atoms with Gasteiger partial charge in [-0.1, -0.05) is 12.1 Å². The minimum absolute atomic E-state index is 0.0357. The summed E-state index contributed by atoms with van der Waals surface area (Å²) < 4.78 is 16.9. The monoisotopic (exact) mass is 559 g/mol. The van der Waals surface area contributed by atoms with Gasteiger partial charge in [0.2, 0.25) is 17.9 Å². The van der Waals surface area contributed by atoms with E-state index in [2.05, 4.69) is 0 Å². The molecule has 2 aliphatic carbocycles. The number of carbonyl (C=O) groups excluding carboxylic acids is 3. The van der Waals surface area contributed by atoms with Gasteiger partial charge in [0.05, 0.1) is 42.1 Å². The van der Waals surface area contributed by atoms with Crippen molar-refractivity contribution >= 4 is 17.3 Å². The number of aliphatic hydroxyl groups excluding tert-OH is 2. The standard InChI is InChI=1S/C27H29NO12/c1-9-20(29)12(28)6-15(39-9)40-14-8-27(37,25(34)26(35)36)7-11-17(14)24(33)19-18(22(11)31)21(30)10-4-3-5-13(38-2)16(10)23(19)32/h3-5,9,12,14-15,20,26,29,31,33,35-37H,6-8,28H2,1-2H3/t9-,12-,14-,15?,20+,27-/m0/s1. The molecular weight excluding hydrogens is 530 g/mol. The maximum Gasteiger partial charge on any atom is 0.220 e. The molecule has 0 radical (unpaired) electrons. The highest BCUT2D eigenvalue weighted by Crippen LogP contribution is 2.52. The lowest BCUT2D eigenvalue weighted by atomic mass is 9.71. The number of aliphatic hydroxyl groups is 4. The summed E-state index contributed by atoms with van der Waals surface area (Å²) >= 11 is 0. The Hall–Kier alpha value is -3.43. The molecule has 1 fully saturated rings. The third-order valence-electron chi connectivity index (χ3n) is 7.84. The fraction of sp³-hybridized carbons (Fsp3) is 0.444. The van der Waals surface area contributed by atoms with Gasteiger partial charge < -0.3 is 50.6 Å². The van der Waals surface area contributed by atoms with Crippen LogP contribution >= 0.6 is 0 Å². The van der Waals surface area contributed by atoms with E-state index in [0.29, 0.717) is 0 Å². The molecule has 3 aliphatic rings. The van der Waals surface area contributed by atoms with Crippen LogP contribution in [-0.4, -0.2) is 91.5 Å². The number of ether oxygens (including phenoxy) is 3. The molecular formula is C27H29NO12. The molecule has 1 unspecified atom stereocenters. The first-order chi connectivity index (χ1) is 18.8. The van der Waals surface area contributed by atoms with Crippen LogP contribution in [0, 0.1) is 0 Å². The lowest BCUT2D eigenvalue weighted by Gasteiger charge is -2.42. The molecule has 1 heterocycles. The molecule has 13 nitrogen and oxygen atoms in total. The van der Waals surface area contributed by atoms with Crippen molar-refractivity contribution in [1.82, 2.24) is 0 Å². The number of rotatable bonds is 5. The van der Waals surface area contributed by atoms with E-state index in [1.807, 2.05) is 0 Å². The molecule has 0 bridgehead atoms. The van der Waals surface area contributed by atoms with Crippen LogP contribution in [0.25, 0.3) is 0 Å². The highest BCUT2D eigenvalue weighted by Gasteiger charge is 2.51. The van der Waals surface area contributed by atoms with Crippen molar-refractivity contribution < 1.29 is 59.2 Å². The number of Topliss-reactive ketones (excluding diaryl/α,β-unsaturated/α-hetero) is 1. The minimum atomic E-state index is -2.59. The minimum Gasteiger partial charge on any atom is -0.507 e. The van der Waals surface area contributed by atoms with Crippen LogP contribution in [0.1, 0.15) is 68.8 Å². The summed E-state index contributed by atoms with van der Waals surface area (Å²) in [5, 5.41) is 63.3. The zero-order valence-electron chi connectivity index (χ0n) is 21.5. The zero-order chi connectivity index (χ0) is 29.3. The van der Waals surface area contributed by atoms with Gasteiger partial charge in [-0.15, -0.1) is 0 Å². The molecule has 0 amide bonds. The van der Waals surface area contributed by atoms with Crippen LogP contribution in [0.5, 0.6) is 17.2 Å². The SMILES string of the molecule is COc1cccc2c1C(=O)c1c(O)c3c(c(O)c1C2=O)C[C@@](O)(C(=O)C(O)O)C[C@@H]3OC1C[C@H](N)[C@H](O)[C@H](C)O1. The lowest BCUT2D eigenvalue weighted by Crippen LogP contribution is -2.53. The summed E-state index contributed by atoms with van der Waals surface area (Å²) in [5.41, 5.74) is 1.69. The van der Waals surface area contributed by atoms with Crippen molar-refractivity contribution in [3.8, 4) is 17.2 Å². The first-order valence-corrected chi connectivity index (χ1v) is 12.5. The highest BCUT2D eigenvalue weighted by atomic mass is 16.7. The second-order valence-corrected chi connectivity index (χ2v) is 10.3. The van der Waals surface area contributed by atoms with Gasteiger partial charge in [0, 0.05) is 42.0 Å². The number of nitrogens with two attached hydrogens (primary N) is 1. The van der Waals surface area contributed by atoms with Crippen LogP contribution in [0.2, 0.25) is 0 Å². The fourth-order valence-electron chi connectivity index (χ4n) is 5.82. The first kappa shape index (κ1) is 28.1. The van der Waals surface area contributed by atoms with Gasteiger partial charge in [-0.3, -0.25) is 14.4 Å². The van der Waals surface area contributed by atoms with Crippen molar-refractivity contribution in [2.45, 2.75) is 68.7 Å². The number of phenolic OH excluding ortho intramolecular Hbond substituents is 2. The van der Waals surface area contributed by atoms with E-state index in [1.54, 1.807) is 6.92 Å². The predicted octanol–water partition coefficient (Wildman–Crippen LogP) is -0.680. The molecule has 6 atom stereocenters. The van der Waals surface area contributed by atoms with E-state index in [-0.39, 0.29) is 34.4 Å². The molecule has 2 aromatic rings. The Morgan fingerprint density at radius 1 is 1.12 bits per heavy atom. The smallest absolute Gasteiger partial charge is 0.220 e. The number of carbonyl (C=O) groups is 3. The van der Waals surface area contributed by atoms with Crippen LogP contribution in [0.4, 0.5) is 0 Å². The Kier molecular flexibility index (Phi) is 6.95. The van der Waals surface area contributed by atoms with Crippen LogP contribution < -0.4 is 10.5 Å². The number of aromatic hydroxyl groups is 2. The summed E-state index contributed by atoms with van der Waals surface area (Å²) in [6.07, 6.45) is -8.37. The lowest BCUT2D eigenvalue weighted by molar-refractivity contribution is -0.248. The molecule has 0 spiro atoms. The van der Waals surface area contributed by atoms with Crippen molar-refractivity contribution in [3.63, 3.8) is 0 Å². The van der Waals surface area contributed by atoms with Gasteiger partial charge in [0.25, 0.3) is 0 Å². The Morgan fingerprint density at radius 2 is 1.80 bits per heavy atom. The van der Waals surface area contributed by atoms with Crippen LogP contribution in [0.15, 0.2) is 18.2 Å². The second-order valence-electron chi connectivity index (χ2n) is 10.3. The highest BCUT2D eigenvalue weighted by molar-refractivity contribution is 6.31. The quantitative estimate of drug-likeness (QED) is 0.152. The van der Waals surface area contributed by atoms with Crippen LogP contribution in [0.3, 0.4) is 0 Å². The Bertz CT molecular complexity index is 1410. The number of hydrogen-bond acceptors (Lipinski definition) is 13. The number of benzene rings is 2. The fourth-order valence-corrected chi connectivity index (χ4v) is 5.82. The molecule has 5 rings (SSSR count). The van der Waals surface area contributed by atoms with Gasteiger partial charge in [-0.25, -0.2) is 0 Å². The largest absolute Gasteiger partial charge is 0.507 e. The topological polar surface area (TPSA) is 226 Å². The van der Waals surface area contributed by atoms with Crippen molar-refractivity contribution in [1.29, 1.82) is 0 Å². The van der Waals surface area contributed by atoms with Gasteiger partial charge in [-0.05, 0) is 13.0 Å². The summed E-state index contributed by atoms with van der Waals surface area (Å²) in [5.74, 6) is -4.48. The van der Waals surface area contributed by atoms with Gasteiger partial charge in [0.15, 0.2) is 12.1 Å². The molecule has 0 aromatic heterocycles. The van der Waals surface area contributed by atoms with Crippen LogP contribution in [-0.2, 0) is 20.7 Å². The number of phenols is 2. The number of ketones is 3. The number of methoxy groups -OCH3 is 1. The normalized spacial score (nSPS) is 29.6. The van der Waals surface area contributed by atoms with Crippen molar-refractivity contribution in [2.75, 3.05) is 7.11 Å². The summed E-state index contributed by atoms with van der Waals surface area (Å²) in [7, 11) is 1.30. The van der Waals surface area contributed by atoms with E-state index in [1.165, 1.54) is 25.3 Å². The van der Waals surface area contributed by atoms with E-state index >= 15 is 0 Å². The van der Waals surface area contributed by atoms with Gasteiger partial charge in [0.1, 0.15) is 22.8 Å². The summed E-state index contributed by atoms with van der Waals surface area (Å²) in [6.45, 7) is 1.55. The third kappa shape index (κ3) is 4.18. The molecule has 13 heteroatoms. The number of hydrogen-bond donors (Lipinski definition) is 7. The second kappa shape index (κ2) is 9.89. The maximum atomic E-state index is 13.7. The number of fused-ring (bicyclic) bond motifs is 3. The predicted molar refractivity (Wildman–Crippen MR) is 133 cm³/mol. The average molecular weight is 560 g/mol. The van der Waals surface area contributed by atoms with Gasteiger partial charge in [-0.2, -0.15) is 0 Å². The van der Waals surface area contributed by atoms with E-state index in [0.717, 1.165) is 0 Å². The van der Waals surface area contributed by atoms with E-state index in [4.69, 9.17) is 19.9 Å².